The molecule has 1 amide bonds. The first kappa shape index (κ1) is 14.0. The highest BCUT2D eigenvalue weighted by Crippen LogP contribution is 2.15. The van der Waals surface area contributed by atoms with Crippen LogP contribution in [-0.4, -0.2) is 23.7 Å². The van der Waals surface area contributed by atoms with Gasteiger partial charge in [0.1, 0.15) is 0 Å². The second-order valence-electron chi connectivity index (χ2n) is 4.37. The molecule has 1 unspecified atom stereocenters. The molecule has 0 saturated carbocycles. The maximum Gasteiger partial charge on any atom is 0.224 e. The lowest BCUT2D eigenvalue weighted by molar-refractivity contribution is -0.121. The highest BCUT2D eigenvalue weighted by molar-refractivity contribution is 6.31. The first-order valence-corrected chi connectivity index (χ1v) is 6.06. The number of nitrogens with one attached hydrogen (secondary N) is 1. The summed E-state index contributed by atoms with van der Waals surface area (Å²) >= 11 is 5.97. The Morgan fingerprint density at radius 1 is 1.41 bits per heavy atom. The number of hydrogen-bond acceptors (Lipinski definition) is 2. The quantitative estimate of drug-likeness (QED) is 0.846. The second-order valence-corrected chi connectivity index (χ2v) is 4.78. The Labute approximate surface area is 107 Å². The molecule has 0 heterocycles. The monoisotopic (exact) mass is 255 g/mol. The molecule has 4 heteroatoms. The third-order valence-electron chi connectivity index (χ3n) is 2.66. The van der Waals surface area contributed by atoms with Crippen molar-refractivity contribution in [2.45, 2.75) is 26.3 Å². The lowest BCUT2D eigenvalue weighted by Crippen LogP contribution is -2.41. The van der Waals surface area contributed by atoms with E-state index in [4.69, 9.17) is 16.7 Å². The summed E-state index contributed by atoms with van der Waals surface area (Å²) in [6.07, 6.45) is 0.239. The number of amides is 1. The van der Waals surface area contributed by atoms with Crippen molar-refractivity contribution in [2.75, 3.05) is 6.61 Å². The number of hydrogen-bond donors (Lipinski definition) is 2. The van der Waals surface area contributed by atoms with Gasteiger partial charge < -0.3 is 10.4 Å². The van der Waals surface area contributed by atoms with E-state index in [-0.39, 0.29) is 30.9 Å². The summed E-state index contributed by atoms with van der Waals surface area (Å²) in [4.78, 5) is 11.8. The van der Waals surface area contributed by atoms with E-state index >= 15 is 0 Å². The molecular weight excluding hydrogens is 238 g/mol. The number of benzene rings is 1. The Kier molecular flexibility index (Phi) is 5.45. The normalized spacial score (nSPS) is 12.5. The van der Waals surface area contributed by atoms with Gasteiger partial charge in [-0.1, -0.05) is 43.6 Å². The van der Waals surface area contributed by atoms with E-state index in [2.05, 4.69) is 5.32 Å². The van der Waals surface area contributed by atoms with Crippen molar-refractivity contribution in [3.05, 3.63) is 34.9 Å². The molecule has 1 aromatic rings. The molecule has 94 valence electrons. The number of aliphatic hydroxyl groups excluding tert-OH is 1. The van der Waals surface area contributed by atoms with E-state index in [1.54, 1.807) is 6.07 Å². The molecule has 0 saturated heterocycles. The zero-order valence-electron chi connectivity index (χ0n) is 10.1. The smallest absolute Gasteiger partial charge is 0.224 e. The van der Waals surface area contributed by atoms with Crippen LogP contribution in [0.15, 0.2) is 24.3 Å². The largest absolute Gasteiger partial charge is 0.394 e. The molecule has 3 nitrogen and oxygen atoms in total. The fourth-order valence-electron chi connectivity index (χ4n) is 1.50. The van der Waals surface area contributed by atoms with Gasteiger partial charge in [-0.3, -0.25) is 4.79 Å². The molecule has 0 spiro atoms. The highest BCUT2D eigenvalue weighted by Gasteiger charge is 2.15. The first-order valence-electron chi connectivity index (χ1n) is 5.68. The standard InChI is InChI=1S/C13H18ClNO2/c1-9(2)12(8-16)15-13(17)7-10-5-3-4-6-11(10)14/h3-6,9,12,16H,7-8H2,1-2H3,(H,15,17). The molecule has 2 N–H and O–H groups in total. The minimum atomic E-state index is -0.204. The predicted octanol–water partition coefficient (Wildman–Crippen LogP) is 2.02. The summed E-state index contributed by atoms with van der Waals surface area (Å²) in [5.41, 5.74) is 0.798. The van der Waals surface area contributed by atoms with E-state index in [1.807, 2.05) is 32.0 Å². The van der Waals surface area contributed by atoms with Gasteiger partial charge >= 0.3 is 0 Å². The maximum atomic E-state index is 11.8. The van der Waals surface area contributed by atoms with Crippen LogP contribution >= 0.6 is 11.6 Å². The molecule has 0 aliphatic rings. The van der Waals surface area contributed by atoms with E-state index < -0.39 is 0 Å². The molecule has 0 aromatic heterocycles. The summed E-state index contributed by atoms with van der Waals surface area (Å²) < 4.78 is 0. The minimum Gasteiger partial charge on any atom is -0.394 e. The first-order chi connectivity index (χ1) is 8.04. The summed E-state index contributed by atoms with van der Waals surface area (Å²) in [5.74, 6) is 0.0843. The minimum absolute atomic E-state index is 0.0497. The Morgan fingerprint density at radius 2 is 2.06 bits per heavy atom. The highest BCUT2D eigenvalue weighted by atomic mass is 35.5. The Balaban J connectivity index is 2.58. The molecule has 1 aromatic carbocycles. The van der Waals surface area contributed by atoms with Gasteiger partial charge in [-0.2, -0.15) is 0 Å². The van der Waals surface area contributed by atoms with Crippen molar-refractivity contribution < 1.29 is 9.90 Å². The molecule has 0 fully saturated rings. The van der Waals surface area contributed by atoms with Crippen LogP contribution in [0.2, 0.25) is 5.02 Å². The third kappa shape index (κ3) is 4.36. The lowest BCUT2D eigenvalue weighted by atomic mass is 10.0. The molecule has 0 aliphatic carbocycles. The van der Waals surface area contributed by atoms with Crippen molar-refractivity contribution in [1.82, 2.24) is 5.32 Å². The topological polar surface area (TPSA) is 49.3 Å². The molecule has 0 aliphatic heterocycles. The SMILES string of the molecule is CC(C)C(CO)NC(=O)Cc1ccccc1Cl. The summed E-state index contributed by atoms with van der Waals surface area (Å²) in [6.45, 7) is 3.86. The summed E-state index contributed by atoms with van der Waals surface area (Å²) in [7, 11) is 0. The zero-order chi connectivity index (χ0) is 12.8. The van der Waals surface area contributed by atoms with Gasteiger partial charge in [0.25, 0.3) is 0 Å². The van der Waals surface area contributed by atoms with Gasteiger partial charge in [0, 0.05) is 5.02 Å². The second kappa shape index (κ2) is 6.62. The van der Waals surface area contributed by atoms with E-state index in [0.29, 0.717) is 5.02 Å². The van der Waals surface area contributed by atoms with E-state index in [9.17, 15) is 4.79 Å². The number of aliphatic hydroxyl groups is 1. The third-order valence-corrected chi connectivity index (χ3v) is 3.03. The van der Waals surface area contributed by atoms with Crippen molar-refractivity contribution in [3.63, 3.8) is 0 Å². The molecule has 17 heavy (non-hydrogen) atoms. The van der Waals surface area contributed by atoms with Crippen LogP contribution in [0.4, 0.5) is 0 Å². The fourth-order valence-corrected chi connectivity index (χ4v) is 1.70. The van der Waals surface area contributed by atoms with Gasteiger partial charge in [-0.15, -0.1) is 0 Å². The Bertz CT molecular complexity index is 379. The zero-order valence-corrected chi connectivity index (χ0v) is 10.9. The average Bonchev–Trinajstić information content (AvgIpc) is 2.28. The van der Waals surface area contributed by atoms with E-state index in [0.717, 1.165) is 5.56 Å². The van der Waals surface area contributed by atoms with E-state index in [1.165, 1.54) is 0 Å². The molecule has 0 radical (unpaired) electrons. The lowest BCUT2D eigenvalue weighted by Gasteiger charge is -2.20. The Morgan fingerprint density at radius 3 is 2.59 bits per heavy atom. The van der Waals surface area contributed by atoms with Crippen LogP contribution in [0.5, 0.6) is 0 Å². The summed E-state index contributed by atoms with van der Waals surface area (Å²) in [6, 6.07) is 7.06. The number of halogens is 1. The van der Waals surface area contributed by atoms with Crippen LogP contribution in [0.25, 0.3) is 0 Å². The molecule has 1 rings (SSSR count). The maximum absolute atomic E-state index is 11.8. The van der Waals surface area contributed by atoms with Crippen LogP contribution in [0.1, 0.15) is 19.4 Å². The average molecular weight is 256 g/mol. The molecular formula is C13H18ClNO2. The van der Waals surface area contributed by atoms with Crippen LogP contribution < -0.4 is 5.32 Å². The van der Waals surface area contributed by atoms with Crippen molar-refractivity contribution in [2.24, 2.45) is 5.92 Å². The van der Waals surface area contributed by atoms with Gasteiger partial charge in [0.2, 0.25) is 5.91 Å². The fraction of sp³-hybridized carbons (Fsp3) is 0.462. The van der Waals surface area contributed by atoms with Crippen LogP contribution in [0.3, 0.4) is 0 Å². The van der Waals surface area contributed by atoms with Gasteiger partial charge in [0.15, 0.2) is 0 Å². The van der Waals surface area contributed by atoms with Crippen LogP contribution in [0, 0.1) is 5.92 Å². The van der Waals surface area contributed by atoms with Crippen molar-refractivity contribution >= 4 is 17.5 Å². The van der Waals surface area contributed by atoms with Crippen LogP contribution in [-0.2, 0) is 11.2 Å². The number of carbonyl (C=O) groups is 1. The predicted molar refractivity (Wildman–Crippen MR) is 69.0 cm³/mol. The van der Waals surface area contributed by atoms with Gasteiger partial charge in [-0.25, -0.2) is 0 Å². The van der Waals surface area contributed by atoms with Gasteiger partial charge in [-0.05, 0) is 17.5 Å². The Hall–Kier alpha value is -1.06. The van der Waals surface area contributed by atoms with Crippen molar-refractivity contribution in [1.29, 1.82) is 0 Å². The number of rotatable bonds is 5. The molecule has 0 bridgehead atoms. The van der Waals surface area contributed by atoms with Gasteiger partial charge in [0.05, 0.1) is 19.1 Å². The number of carbonyl (C=O) groups excluding carboxylic acids is 1. The molecule has 1 atom stereocenters. The summed E-state index contributed by atoms with van der Waals surface area (Å²) in [5, 5.41) is 12.5. The van der Waals surface area contributed by atoms with Crippen molar-refractivity contribution in [3.8, 4) is 0 Å².